The van der Waals surface area contributed by atoms with Crippen molar-refractivity contribution in [3.05, 3.63) is 64.2 Å². The third kappa shape index (κ3) is 4.94. The van der Waals surface area contributed by atoms with E-state index in [1.54, 1.807) is 23.9 Å². The second-order valence-corrected chi connectivity index (χ2v) is 6.20. The van der Waals surface area contributed by atoms with Crippen molar-refractivity contribution < 1.29 is 4.92 Å². The number of anilines is 1. The van der Waals surface area contributed by atoms with Gasteiger partial charge in [-0.2, -0.15) is 0 Å². The van der Waals surface area contributed by atoms with Gasteiger partial charge in [0, 0.05) is 36.3 Å². The first kappa shape index (κ1) is 17.2. The number of benzene rings is 2. The van der Waals surface area contributed by atoms with Crippen molar-refractivity contribution >= 4 is 40.5 Å². The number of nitro benzene ring substituents is 1. The van der Waals surface area contributed by atoms with E-state index in [-0.39, 0.29) is 5.69 Å². The predicted molar refractivity (Wildman–Crippen MR) is 99.0 cm³/mol. The van der Waals surface area contributed by atoms with Crippen LogP contribution in [0.2, 0.25) is 0 Å². The summed E-state index contributed by atoms with van der Waals surface area (Å²) in [6.07, 6.45) is 2.05. The lowest BCUT2D eigenvalue weighted by atomic mass is 10.2. The van der Waals surface area contributed by atoms with Gasteiger partial charge in [0.1, 0.15) is 0 Å². The zero-order valence-corrected chi connectivity index (χ0v) is 14.5. The third-order valence-electron chi connectivity index (χ3n) is 3.25. The number of hydrogen-bond acceptors (Lipinski definition) is 4. The van der Waals surface area contributed by atoms with Gasteiger partial charge in [-0.1, -0.05) is 12.1 Å². The Morgan fingerprint density at radius 2 is 1.83 bits per heavy atom. The molecule has 2 aromatic rings. The lowest BCUT2D eigenvalue weighted by molar-refractivity contribution is -0.384. The maximum Gasteiger partial charge on any atom is 0.269 e. The number of rotatable bonds is 5. The van der Waals surface area contributed by atoms with Gasteiger partial charge >= 0.3 is 0 Å². The third-order valence-corrected chi connectivity index (χ3v) is 4.41. The Labute approximate surface area is 144 Å². The summed E-state index contributed by atoms with van der Waals surface area (Å²) in [5.74, 6) is 0. The molecule has 0 saturated heterocycles. The van der Waals surface area contributed by atoms with Crippen LogP contribution in [0.25, 0.3) is 0 Å². The monoisotopic (exact) mass is 347 g/mol. The molecule has 2 rings (SSSR count). The molecule has 0 fully saturated rings. The molecule has 0 saturated carbocycles. The summed E-state index contributed by atoms with van der Waals surface area (Å²) < 4.78 is 0. The first-order valence-corrected chi connectivity index (χ1v) is 8.52. The summed E-state index contributed by atoms with van der Waals surface area (Å²) >= 11 is 7.08. The highest BCUT2D eigenvalue weighted by molar-refractivity contribution is 7.98. The Morgan fingerprint density at radius 1 is 1.22 bits per heavy atom. The number of nitrogens with zero attached hydrogens (tertiary/aromatic N) is 2. The highest BCUT2D eigenvalue weighted by atomic mass is 32.2. The van der Waals surface area contributed by atoms with E-state index in [2.05, 4.69) is 29.6 Å². The van der Waals surface area contributed by atoms with Crippen LogP contribution in [0.5, 0.6) is 0 Å². The van der Waals surface area contributed by atoms with Crippen molar-refractivity contribution in [1.29, 1.82) is 0 Å². The maximum atomic E-state index is 10.6. The lowest BCUT2D eigenvalue weighted by Gasteiger charge is -2.21. The van der Waals surface area contributed by atoms with Crippen LogP contribution in [0.1, 0.15) is 5.56 Å². The first-order chi connectivity index (χ1) is 11.0. The van der Waals surface area contributed by atoms with Gasteiger partial charge in [-0.15, -0.1) is 11.8 Å². The average molecular weight is 347 g/mol. The second kappa shape index (κ2) is 7.94. The van der Waals surface area contributed by atoms with Crippen LogP contribution in [0, 0.1) is 10.1 Å². The van der Waals surface area contributed by atoms with Crippen LogP contribution in [0.4, 0.5) is 11.4 Å². The highest BCUT2D eigenvalue weighted by Gasteiger charge is 2.08. The average Bonchev–Trinajstić information content (AvgIpc) is 2.56. The molecule has 7 heteroatoms. The molecule has 0 aromatic heterocycles. The molecule has 0 aliphatic heterocycles. The topological polar surface area (TPSA) is 58.4 Å². The van der Waals surface area contributed by atoms with Gasteiger partial charge in [-0.3, -0.25) is 10.1 Å². The molecule has 0 bridgehead atoms. The van der Waals surface area contributed by atoms with Gasteiger partial charge in [0.05, 0.1) is 4.92 Å². The highest BCUT2D eigenvalue weighted by Crippen LogP contribution is 2.17. The Balaban J connectivity index is 1.94. The van der Waals surface area contributed by atoms with Crippen LogP contribution < -0.4 is 5.32 Å². The Hall–Kier alpha value is -2.12. The molecule has 5 nitrogen and oxygen atoms in total. The van der Waals surface area contributed by atoms with Gasteiger partial charge in [0.15, 0.2) is 5.11 Å². The Kier molecular flexibility index (Phi) is 5.95. The molecule has 120 valence electrons. The van der Waals surface area contributed by atoms with E-state index in [1.807, 2.05) is 18.2 Å². The number of nitro groups is 1. The van der Waals surface area contributed by atoms with Crippen LogP contribution in [0.15, 0.2) is 53.4 Å². The number of thioether (sulfide) groups is 1. The van der Waals surface area contributed by atoms with Crippen molar-refractivity contribution in [2.24, 2.45) is 0 Å². The van der Waals surface area contributed by atoms with Crippen molar-refractivity contribution in [3.8, 4) is 0 Å². The van der Waals surface area contributed by atoms with E-state index in [1.165, 1.54) is 17.0 Å². The minimum Gasteiger partial charge on any atom is -0.348 e. The molecular weight excluding hydrogens is 330 g/mol. The standard InChI is InChI=1S/C16H17N3O2S2/c1-18(11-12-3-9-15(23-2)10-4-12)16(22)17-13-5-7-14(8-6-13)19(20)21/h3-10H,11H2,1-2H3,(H,17,22). The molecule has 0 spiro atoms. The van der Waals surface area contributed by atoms with Crippen LogP contribution >= 0.6 is 24.0 Å². The Morgan fingerprint density at radius 3 is 2.35 bits per heavy atom. The van der Waals surface area contributed by atoms with Crippen molar-refractivity contribution in [1.82, 2.24) is 4.90 Å². The second-order valence-electron chi connectivity index (χ2n) is 4.94. The zero-order valence-electron chi connectivity index (χ0n) is 12.9. The van der Waals surface area contributed by atoms with Gasteiger partial charge in [-0.25, -0.2) is 0 Å². The maximum absolute atomic E-state index is 10.6. The molecule has 0 unspecified atom stereocenters. The number of hydrogen-bond donors (Lipinski definition) is 1. The summed E-state index contributed by atoms with van der Waals surface area (Å²) in [5, 5.41) is 14.3. The fourth-order valence-corrected chi connectivity index (χ4v) is 2.55. The molecule has 23 heavy (non-hydrogen) atoms. The summed E-state index contributed by atoms with van der Waals surface area (Å²) in [4.78, 5) is 13.4. The van der Waals surface area contributed by atoms with E-state index in [0.717, 1.165) is 11.3 Å². The predicted octanol–water partition coefficient (Wildman–Crippen LogP) is 4.15. The summed E-state index contributed by atoms with van der Waals surface area (Å²) in [6, 6.07) is 14.5. The molecule has 1 N–H and O–H groups in total. The van der Waals surface area contributed by atoms with Crippen LogP contribution in [-0.2, 0) is 6.54 Å². The van der Waals surface area contributed by atoms with E-state index in [4.69, 9.17) is 12.2 Å². The number of nitrogens with one attached hydrogen (secondary N) is 1. The van der Waals surface area contributed by atoms with Gasteiger partial charge in [0.2, 0.25) is 0 Å². The van der Waals surface area contributed by atoms with Gasteiger partial charge < -0.3 is 10.2 Å². The largest absolute Gasteiger partial charge is 0.348 e. The van der Waals surface area contributed by atoms with E-state index in [0.29, 0.717) is 11.7 Å². The van der Waals surface area contributed by atoms with Gasteiger partial charge in [0.25, 0.3) is 5.69 Å². The lowest BCUT2D eigenvalue weighted by Crippen LogP contribution is -2.30. The van der Waals surface area contributed by atoms with Crippen molar-refractivity contribution in [2.75, 3.05) is 18.6 Å². The summed E-state index contributed by atoms with van der Waals surface area (Å²) in [6.45, 7) is 0.688. The molecule has 0 radical (unpaired) electrons. The van der Waals surface area contributed by atoms with Gasteiger partial charge in [-0.05, 0) is 48.3 Å². The van der Waals surface area contributed by atoms with Crippen molar-refractivity contribution in [2.45, 2.75) is 11.4 Å². The van der Waals surface area contributed by atoms with Crippen molar-refractivity contribution in [3.63, 3.8) is 0 Å². The van der Waals surface area contributed by atoms with E-state index >= 15 is 0 Å². The molecule has 0 atom stereocenters. The molecule has 0 aliphatic rings. The van der Waals surface area contributed by atoms with E-state index < -0.39 is 4.92 Å². The normalized spacial score (nSPS) is 10.2. The smallest absolute Gasteiger partial charge is 0.269 e. The van der Waals surface area contributed by atoms with Crippen LogP contribution in [0.3, 0.4) is 0 Å². The molecule has 0 heterocycles. The Bertz CT molecular complexity index is 687. The summed E-state index contributed by atoms with van der Waals surface area (Å²) in [7, 11) is 1.91. The SMILES string of the molecule is CSc1ccc(CN(C)C(=S)Nc2ccc([N+](=O)[O-])cc2)cc1. The fourth-order valence-electron chi connectivity index (χ4n) is 1.96. The molecule has 2 aromatic carbocycles. The van der Waals surface area contributed by atoms with E-state index in [9.17, 15) is 10.1 Å². The molecule has 0 amide bonds. The summed E-state index contributed by atoms with van der Waals surface area (Å²) in [5.41, 5.74) is 1.95. The number of thiocarbonyl (C=S) groups is 1. The number of non-ortho nitro benzene ring substituents is 1. The zero-order chi connectivity index (χ0) is 16.8. The van der Waals surface area contributed by atoms with Crippen LogP contribution in [-0.4, -0.2) is 28.2 Å². The quantitative estimate of drug-likeness (QED) is 0.379. The molecule has 0 aliphatic carbocycles. The molecular formula is C16H17N3O2S2. The first-order valence-electron chi connectivity index (χ1n) is 6.89. The fraction of sp³-hybridized carbons (Fsp3) is 0.188. The minimum atomic E-state index is -0.424. The minimum absolute atomic E-state index is 0.0590.